The van der Waals surface area contributed by atoms with Crippen molar-refractivity contribution in [2.75, 3.05) is 13.2 Å². The molecule has 0 bridgehead atoms. The van der Waals surface area contributed by atoms with Crippen LogP contribution < -0.4 is 5.69 Å². The minimum absolute atomic E-state index is 0.0290. The van der Waals surface area contributed by atoms with Crippen LogP contribution in [0.3, 0.4) is 0 Å². The summed E-state index contributed by atoms with van der Waals surface area (Å²) in [4.78, 5) is 27.7. The van der Waals surface area contributed by atoms with E-state index < -0.39 is 0 Å². The van der Waals surface area contributed by atoms with Gasteiger partial charge in [0.05, 0.1) is 29.8 Å². The summed E-state index contributed by atoms with van der Waals surface area (Å²) < 4.78 is 9.21. The third-order valence-corrected chi connectivity index (χ3v) is 5.59. The Bertz CT molecular complexity index is 836. The number of fused-ring (bicyclic) bond motifs is 2. The van der Waals surface area contributed by atoms with Crippen molar-refractivity contribution in [1.29, 1.82) is 0 Å². The topological polar surface area (TPSA) is 56.5 Å². The lowest BCUT2D eigenvalue weighted by Crippen LogP contribution is -2.55. The van der Waals surface area contributed by atoms with Gasteiger partial charge in [0.2, 0.25) is 5.91 Å². The first-order valence-corrected chi connectivity index (χ1v) is 9.30. The van der Waals surface area contributed by atoms with Gasteiger partial charge in [-0.05, 0) is 31.9 Å². The van der Waals surface area contributed by atoms with E-state index in [1.165, 1.54) is 6.42 Å². The van der Waals surface area contributed by atoms with Crippen LogP contribution in [-0.4, -0.2) is 45.2 Å². The summed E-state index contributed by atoms with van der Waals surface area (Å²) in [5.41, 5.74) is 1.61. The van der Waals surface area contributed by atoms with Gasteiger partial charge >= 0.3 is 5.69 Å². The van der Waals surface area contributed by atoms with Crippen LogP contribution >= 0.6 is 0 Å². The van der Waals surface area contributed by atoms with Crippen molar-refractivity contribution in [2.45, 2.75) is 57.8 Å². The summed E-state index contributed by atoms with van der Waals surface area (Å²) in [5.74, 6) is 0.0290. The number of benzene rings is 1. The average molecular weight is 343 g/mol. The van der Waals surface area contributed by atoms with Gasteiger partial charge in [-0.2, -0.15) is 0 Å². The molecule has 2 atom stereocenters. The Hall–Kier alpha value is -2.08. The van der Waals surface area contributed by atoms with Crippen molar-refractivity contribution in [3.8, 4) is 0 Å². The Kier molecular flexibility index (Phi) is 4.37. The molecule has 25 heavy (non-hydrogen) atoms. The molecule has 1 aromatic carbocycles. The van der Waals surface area contributed by atoms with Gasteiger partial charge in [-0.15, -0.1) is 0 Å². The molecule has 1 saturated carbocycles. The van der Waals surface area contributed by atoms with E-state index in [0.717, 1.165) is 30.3 Å². The number of carbonyl (C=O) groups excluding carboxylic acids is 1. The predicted molar refractivity (Wildman–Crippen MR) is 95.6 cm³/mol. The molecule has 2 heterocycles. The number of rotatable bonds is 3. The van der Waals surface area contributed by atoms with Gasteiger partial charge in [0.1, 0.15) is 6.54 Å². The number of amides is 1. The molecule has 2 aromatic rings. The smallest absolute Gasteiger partial charge is 0.329 e. The van der Waals surface area contributed by atoms with Gasteiger partial charge in [-0.3, -0.25) is 13.9 Å². The molecule has 134 valence electrons. The van der Waals surface area contributed by atoms with Crippen LogP contribution in [0.5, 0.6) is 0 Å². The van der Waals surface area contributed by atoms with Gasteiger partial charge in [0, 0.05) is 13.1 Å². The van der Waals surface area contributed by atoms with E-state index in [1.807, 2.05) is 36.1 Å². The second-order valence-electron chi connectivity index (χ2n) is 6.95. The maximum atomic E-state index is 13.0. The van der Waals surface area contributed by atoms with Gasteiger partial charge in [0.15, 0.2) is 0 Å². The first-order chi connectivity index (χ1) is 12.2. The second kappa shape index (κ2) is 6.67. The Morgan fingerprint density at radius 2 is 1.88 bits per heavy atom. The number of morpholine rings is 1. The Labute approximate surface area is 147 Å². The molecule has 0 unspecified atom stereocenters. The minimum atomic E-state index is -0.106. The summed E-state index contributed by atoms with van der Waals surface area (Å²) >= 11 is 0. The summed E-state index contributed by atoms with van der Waals surface area (Å²) in [6.07, 6.45) is 4.52. The van der Waals surface area contributed by atoms with Crippen LogP contribution in [0.1, 0.15) is 32.6 Å². The van der Waals surface area contributed by atoms with Crippen molar-refractivity contribution >= 4 is 16.9 Å². The molecule has 1 aliphatic heterocycles. The quantitative estimate of drug-likeness (QED) is 0.856. The molecule has 6 heteroatoms. The first-order valence-electron chi connectivity index (χ1n) is 9.30. The predicted octanol–water partition coefficient (Wildman–Crippen LogP) is 1.99. The van der Waals surface area contributed by atoms with Crippen LogP contribution in [0.4, 0.5) is 0 Å². The molecular weight excluding hydrogens is 318 g/mol. The standard InChI is InChI=1S/C19H25N3O3/c1-2-20-14-7-3-4-8-15(14)22(19(20)24)13-18(23)21-11-12-25-17-10-6-5-9-16(17)21/h3-4,7-8,16-17H,2,5-6,9-13H2,1H3/t16-,17-/m0/s1. The Morgan fingerprint density at radius 1 is 1.16 bits per heavy atom. The van der Waals surface area contributed by atoms with E-state index in [1.54, 1.807) is 9.13 Å². The third-order valence-electron chi connectivity index (χ3n) is 5.59. The summed E-state index contributed by atoms with van der Waals surface area (Å²) in [6.45, 7) is 3.88. The summed E-state index contributed by atoms with van der Waals surface area (Å²) in [6, 6.07) is 7.86. The zero-order chi connectivity index (χ0) is 17.4. The van der Waals surface area contributed by atoms with Crippen molar-refractivity contribution in [2.24, 2.45) is 0 Å². The number of aryl methyl sites for hydroxylation is 1. The molecule has 0 spiro atoms. The molecule has 1 aliphatic carbocycles. The SMILES string of the molecule is CCn1c(=O)n(CC(=O)N2CCO[C@H]3CCCC[C@@H]32)c2ccccc21. The van der Waals surface area contributed by atoms with E-state index >= 15 is 0 Å². The molecule has 1 saturated heterocycles. The first kappa shape index (κ1) is 16.4. The maximum absolute atomic E-state index is 13.0. The van der Waals surface area contributed by atoms with Crippen molar-refractivity contribution in [1.82, 2.24) is 14.0 Å². The number of carbonyl (C=O) groups is 1. The fraction of sp³-hybridized carbons (Fsp3) is 0.579. The number of ether oxygens (including phenoxy) is 1. The highest BCUT2D eigenvalue weighted by atomic mass is 16.5. The fourth-order valence-electron chi connectivity index (χ4n) is 4.36. The number of aromatic nitrogens is 2. The largest absolute Gasteiger partial charge is 0.374 e. The Balaban J connectivity index is 1.64. The second-order valence-corrected chi connectivity index (χ2v) is 6.95. The zero-order valence-electron chi connectivity index (χ0n) is 14.7. The Morgan fingerprint density at radius 3 is 2.64 bits per heavy atom. The van der Waals surface area contributed by atoms with E-state index in [-0.39, 0.29) is 30.3 Å². The maximum Gasteiger partial charge on any atom is 0.329 e. The van der Waals surface area contributed by atoms with Crippen LogP contribution in [-0.2, 0) is 22.6 Å². The lowest BCUT2D eigenvalue weighted by molar-refractivity contribution is -0.150. The average Bonchev–Trinajstić information content (AvgIpc) is 2.92. The van der Waals surface area contributed by atoms with Crippen molar-refractivity contribution in [3.05, 3.63) is 34.7 Å². The van der Waals surface area contributed by atoms with E-state index in [4.69, 9.17) is 4.74 Å². The molecule has 0 N–H and O–H groups in total. The van der Waals surface area contributed by atoms with E-state index in [9.17, 15) is 9.59 Å². The van der Waals surface area contributed by atoms with E-state index in [2.05, 4.69) is 0 Å². The molecular formula is C19H25N3O3. The van der Waals surface area contributed by atoms with Crippen LogP contribution in [0, 0.1) is 0 Å². The minimum Gasteiger partial charge on any atom is -0.374 e. The van der Waals surface area contributed by atoms with Gasteiger partial charge in [-0.25, -0.2) is 4.79 Å². The fourth-order valence-corrected chi connectivity index (χ4v) is 4.36. The number of hydrogen-bond donors (Lipinski definition) is 0. The molecule has 2 aliphatic rings. The van der Waals surface area contributed by atoms with Gasteiger partial charge < -0.3 is 9.64 Å². The van der Waals surface area contributed by atoms with Crippen LogP contribution in [0.25, 0.3) is 11.0 Å². The van der Waals surface area contributed by atoms with Crippen molar-refractivity contribution in [3.63, 3.8) is 0 Å². The zero-order valence-corrected chi connectivity index (χ0v) is 14.7. The third kappa shape index (κ3) is 2.78. The lowest BCUT2D eigenvalue weighted by atomic mass is 9.90. The molecule has 6 nitrogen and oxygen atoms in total. The molecule has 2 fully saturated rings. The number of imidazole rings is 1. The highest BCUT2D eigenvalue weighted by Crippen LogP contribution is 2.28. The van der Waals surface area contributed by atoms with Crippen molar-refractivity contribution < 1.29 is 9.53 Å². The molecule has 1 amide bonds. The summed E-state index contributed by atoms with van der Waals surface area (Å²) in [7, 11) is 0. The summed E-state index contributed by atoms with van der Waals surface area (Å²) in [5, 5.41) is 0. The van der Waals surface area contributed by atoms with E-state index in [0.29, 0.717) is 19.7 Å². The monoisotopic (exact) mass is 343 g/mol. The molecule has 0 radical (unpaired) electrons. The number of hydrogen-bond acceptors (Lipinski definition) is 3. The lowest BCUT2D eigenvalue weighted by Gasteiger charge is -2.43. The number of para-hydroxylation sites is 2. The molecule has 4 rings (SSSR count). The van der Waals surface area contributed by atoms with Gasteiger partial charge in [0.25, 0.3) is 0 Å². The van der Waals surface area contributed by atoms with Crippen LogP contribution in [0.15, 0.2) is 29.1 Å². The molecule has 1 aromatic heterocycles. The highest BCUT2D eigenvalue weighted by molar-refractivity contribution is 5.81. The normalized spacial score (nSPS) is 23.6. The van der Waals surface area contributed by atoms with Gasteiger partial charge in [-0.1, -0.05) is 25.0 Å². The van der Waals surface area contributed by atoms with Crippen LogP contribution in [0.2, 0.25) is 0 Å². The highest BCUT2D eigenvalue weighted by Gasteiger charge is 2.36. The number of nitrogens with zero attached hydrogens (tertiary/aromatic N) is 3.